The van der Waals surface area contributed by atoms with E-state index in [1.165, 1.54) is 18.3 Å². The average Bonchev–Trinajstić information content (AvgIpc) is 2.74. The summed E-state index contributed by atoms with van der Waals surface area (Å²) in [6, 6.07) is 2.48. The van der Waals surface area contributed by atoms with Crippen LogP contribution in [0.1, 0.15) is 18.4 Å². The highest BCUT2D eigenvalue weighted by atomic mass is 19.4. The van der Waals surface area contributed by atoms with Crippen LogP contribution in [0.25, 0.3) is 11.5 Å². The molecule has 0 saturated carbocycles. The molecule has 5 nitrogen and oxygen atoms in total. The topological polar surface area (TPSA) is 71.8 Å². The normalized spacial score (nSPS) is 13.6. The maximum Gasteiger partial charge on any atom is 0.460 e. The predicted octanol–water partition coefficient (Wildman–Crippen LogP) is 2.09. The molecule has 0 aromatic carbocycles. The van der Waals surface area contributed by atoms with Crippen LogP contribution in [-0.2, 0) is 0 Å². The third-order valence-electron chi connectivity index (χ3n) is 2.46. The number of pyridine rings is 1. The molecule has 0 aliphatic heterocycles. The van der Waals surface area contributed by atoms with E-state index < -0.39 is 17.9 Å². The molecule has 0 aliphatic carbocycles. The van der Waals surface area contributed by atoms with Crippen molar-refractivity contribution in [3.05, 3.63) is 34.4 Å². The second-order valence-corrected chi connectivity index (χ2v) is 3.67. The summed E-state index contributed by atoms with van der Waals surface area (Å²) >= 11 is 0. The zero-order valence-electron chi connectivity index (χ0n) is 9.15. The van der Waals surface area contributed by atoms with Crippen molar-refractivity contribution in [2.24, 2.45) is 0 Å². The predicted molar refractivity (Wildman–Crippen MR) is 54.8 cm³/mol. The number of nitrogens with one attached hydrogen (secondary N) is 1. The second kappa shape index (κ2) is 4.28. The molecule has 0 spiro atoms. The molecule has 18 heavy (non-hydrogen) atoms. The van der Waals surface area contributed by atoms with E-state index in [0.717, 1.165) is 6.92 Å². The van der Waals surface area contributed by atoms with E-state index in [0.29, 0.717) is 0 Å². The number of hydrogen-bond donors (Lipinski definition) is 1. The van der Waals surface area contributed by atoms with Crippen molar-refractivity contribution in [2.45, 2.75) is 19.0 Å². The summed E-state index contributed by atoms with van der Waals surface area (Å²) < 4.78 is 42.0. The third-order valence-corrected chi connectivity index (χ3v) is 2.46. The van der Waals surface area contributed by atoms with Gasteiger partial charge in [0.2, 0.25) is 0 Å². The summed E-state index contributed by atoms with van der Waals surface area (Å²) in [7, 11) is 0. The SMILES string of the molecule is CC(c1ccnc(-c2nc(=O)o[nH]2)c1)C(F)(F)F. The van der Waals surface area contributed by atoms with Gasteiger partial charge in [-0.2, -0.15) is 23.3 Å². The number of H-pyrrole nitrogens is 1. The summed E-state index contributed by atoms with van der Waals surface area (Å²) in [5.74, 6) is -2.49. The molecule has 0 bridgehead atoms. The van der Waals surface area contributed by atoms with E-state index in [2.05, 4.69) is 19.6 Å². The fourth-order valence-corrected chi connectivity index (χ4v) is 1.37. The van der Waals surface area contributed by atoms with Gasteiger partial charge in [-0.05, 0) is 24.6 Å². The molecule has 0 aliphatic rings. The van der Waals surface area contributed by atoms with Gasteiger partial charge in [-0.15, -0.1) is 0 Å². The third kappa shape index (κ3) is 2.41. The van der Waals surface area contributed by atoms with Crippen molar-refractivity contribution in [3.8, 4) is 11.5 Å². The summed E-state index contributed by atoms with van der Waals surface area (Å²) in [4.78, 5) is 18.0. The molecule has 2 heterocycles. The molecule has 2 rings (SSSR count). The van der Waals surface area contributed by atoms with Crippen LogP contribution in [0.2, 0.25) is 0 Å². The minimum atomic E-state index is -4.34. The van der Waals surface area contributed by atoms with E-state index in [1.54, 1.807) is 0 Å². The number of rotatable bonds is 2. The van der Waals surface area contributed by atoms with Crippen molar-refractivity contribution in [2.75, 3.05) is 0 Å². The van der Waals surface area contributed by atoms with E-state index in [-0.39, 0.29) is 17.1 Å². The van der Waals surface area contributed by atoms with Crippen LogP contribution >= 0.6 is 0 Å². The zero-order chi connectivity index (χ0) is 13.3. The molecule has 2 aromatic heterocycles. The van der Waals surface area contributed by atoms with Crippen LogP contribution in [0, 0.1) is 0 Å². The first kappa shape index (κ1) is 12.3. The lowest BCUT2D eigenvalue weighted by atomic mass is 10.0. The molecule has 0 fully saturated rings. The second-order valence-electron chi connectivity index (χ2n) is 3.67. The van der Waals surface area contributed by atoms with Gasteiger partial charge in [0.25, 0.3) is 0 Å². The number of hydrogen-bond acceptors (Lipinski definition) is 4. The lowest BCUT2D eigenvalue weighted by Gasteiger charge is -2.15. The van der Waals surface area contributed by atoms with Crippen LogP contribution in [0.4, 0.5) is 13.2 Å². The molecule has 2 aromatic rings. The van der Waals surface area contributed by atoms with Gasteiger partial charge in [0.1, 0.15) is 5.69 Å². The fourth-order valence-electron chi connectivity index (χ4n) is 1.37. The van der Waals surface area contributed by atoms with Crippen molar-refractivity contribution in [1.82, 2.24) is 15.1 Å². The van der Waals surface area contributed by atoms with Crippen LogP contribution in [0.3, 0.4) is 0 Å². The molecule has 0 saturated heterocycles. The first-order valence-electron chi connectivity index (χ1n) is 4.96. The Hall–Kier alpha value is -2.12. The molecule has 96 valence electrons. The Balaban J connectivity index is 2.39. The minimum Gasteiger partial charge on any atom is -0.321 e. The van der Waals surface area contributed by atoms with Gasteiger partial charge in [-0.25, -0.2) is 4.79 Å². The van der Waals surface area contributed by atoms with Crippen LogP contribution in [0.15, 0.2) is 27.6 Å². The Bertz CT molecular complexity index is 603. The first-order chi connectivity index (χ1) is 8.38. The highest BCUT2D eigenvalue weighted by Crippen LogP contribution is 2.34. The van der Waals surface area contributed by atoms with Gasteiger partial charge >= 0.3 is 11.9 Å². The Morgan fingerprint density at radius 1 is 1.44 bits per heavy atom. The molecular weight excluding hydrogens is 251 g/mol. The molecule has 1 atom stereocenters. The lowest BCUT2D eigenvalue weighted by molar-refractivity contribution is -0.146. The van der Waals surface area contributed by atoms with Crippen molar-refractivity contribution in [1.29, 1.82) is 0 Å². The summed E-state index contributed by atoms with van der Waals surface area (Å²) in [5, 5.41) is 2.18. The van der Waals surface area contributed by atoms with Gasteiger partial charge in [0.15, 0.2) is 5.82 Å². The van der Waals surface area contributed by atoms with Crippen molar-refractivity contribution in [3.63, 3.8) is 0 Å². The largest absolute Gasteiger partial charge is 0.460 e. The maximum atomic E-state index is 12.6. The van der Waals surface area contributed by atoms with Crippen molar-refractivity contribution < 1.29 is 17.7 Å². The summed E-state index contributed by atoms with van der Waals surface area (Å²) in [6.45, 7) is 1.05. The summed E-state index contributed by atoms with van der Waals surface area (Å²) in [6.07, 6.45) is -3.12. The standard InChI is InChI=1S/C10H8F3N3O2/c1-5(10(11,12)13)6-2-3-14-7(4-6)8-15-9(17)18-16-8/h2-5H,1H3,(H,15,16,17). The first-order valence-corrected chi connectivity index (χ1v) is 4.96. The Morgan fingerprint density at radius 2 is 2.17 bits per heavy atom. The van der Waals surface area contributed by atoms with Gasteiger partial charge < -0.3 is 4.52 Å². The van der Waals surface area contributed by atoms with Gasteiger partial charge in [0.05, 0.1) is 5.92 Å². The molecular formula is C10H8F3N3O2. The zero-order valence-corrected chi connectivity index (χ0v) is 9.15. The Morgan fingerprint density at radius 3 is 2.72 bits per heavy atom. The smallest absolute Gasteiger partial charge is 0.321 e. The number of alkyl halides is 3. The molecule has 0 radical (unpaired) electrons. The molecule has 8 heteroatoms. The number of halogens is 3. The van der Waals surface area contributed by atoms with E-state index in [1.807, 2.05) is 0 Å². The van der Waals surface area contributed by atoms with Crippen molar-refractivity contribution >= 4 is 0 Å². The van der Waals surface area contributed by atoms with Crippen LogP contribution in [0.5, 0.6) is 0 Å². The van der Waals surface area contributed by atoms with Gasteiger partial charge in [0, 0.05) is 6.20 Å². The molecule has 1 unspecified atom stereocenters. The Labute approximate surface area is 98.6 Å². The molecule has 1 N–H and O–H groups in total. The minimum absolute atomic E-state index is 0.00350. The van der Waals surface area contributed by atoms with Gasteiger partial charge in [-0.3, -0.25) is 4.98 Å². The quantitative estimate of drug-likeness (QED) is 0.896. The van der Waals surface area contributed by atoms with E-state index >= 15 is 0 Å². The van der Waals surface area contributed by atoms with Gasteiger partial charge in [-0.1, -0.05) is 0 Å². The highest BCUT2D eigenvalue weighted by molar-refractivity contribution is 5.49. The fraction of sp³-hybridized carbons (Fsp3) is 0.300. The Kier molecular flexibility index (Phi) is 2.93. The average molecular weight is 259 g/mol. The number of aromatic nitrogens is 3. The molecule has 0 amide bonds. The maximum absolute atomic E-state index is 12.6. The number of aromatic amines is 1. The number of nitrogens with zero attached hydrogens (tertiary/aromatic N) is 2. The lowest BCUT2D eigenvalue weighted by Crippen LogP contribution is -2.17. The highest BCUT2D eigenvalue weighted by Gasteiger charge is 2.37. The van der Waals surface area contributed by atoms with Crippen LogP contribution in [-0.4, -0.2) is 21.3 Å². The van der Waals surface area contributed by atoms with E-state index in [4.69, 9.17) is 0 Å². The van der Waals surface area contributed by atoms with Crippen LogP contribution < -0.4 is 5.76 Å². The van der Waals surface area contributed by atoms with E-state index in [9.17, 15) is 18.0 Å². The monoisotopic (exact) mass is 259 g/mol. The summed E-state index contributed by atoms with van der Waals surface area (Å²) in [5.41, 5.74) is 0.158.